The van der Waals surface area contributed by atoms with Crippen LogP contribution in [0.15, 0.2) is 35.3 Å². The van der Waals surface area contributed by atoms with Crippen molar-refractivity contribution in [2.45, 2.75) is 6.54 Å². The summed E-state index contributed by atoms with van der Waals surface area (Å²) in [5, 5.41) is 10.7. The average Bonchev–Trinajstić information content (AvgIpc) is 2.89. The van der Waals surface area contributed by atoms with Gasteiger partial charge in [0.1, 0.15) is 5.82 Å². The van der Waals surface area contributed by atoms with E-state index in [1.54, 1.807) is 35.2 Å². The molecule has 5 nitrogen and oxygen atoms in total. The first kappa shape index (κ1) is 13.2. The lowest BCUT2D eigenvalue weighted by Gasteiger charge is -2.18. The Morgan fingerprint density at radius 2 is 2.37 bits per heavy atom. The van der Waals surface area contributed by atoms with Gasteiger partial charge in [-0.25, -0.2) is 14.8 Å². The summed E-state index contributed by atoms with van der Waals surface area (Å²) < 4.78 is 0. The number of thiazole rings is 1. The first-order valence-corrected chi connectivity index (χ1v) is 6.55. The van der Waals surface area contributed by atoms with Gasteiger partial charge in [0, 0.05) is 30.3 Å². The molecule has 0 aliphatic carbocycles. The average molecular weight is 275 g/mol. The zero-order valence-electron chi connectivity index (χ0n) is 10.4. The quantitative estimate of drug-likeness (QED) is 0.848. The molecular formula is C13H13N3O2S. The third-order valence-corrected chi connectivity index (χ3v) is 3.10. The second kappa shape index (κ2) is 6.10. The van der Waals surface area contributed by atoms with Crippen LogP contribution in [0, 0.1) is 0 Å². The van der Waals surface area contributed by atoms with Crippen LogP contribution in [0.1, 0.15) is 11.3 Å². The predicted molar refractivity (Wildman–Crippen MR) is 75.1 cm³/mol. The number of nitrogens with zero attached hydrogens (tertiary/aromatic N) is 3. The van der Waals surface area contributed by atoms with Crippen LogP contribution in [0.2, 0.25) is 0 Å². The molecule has 0 unspecified atom stereocenters. The zero-order valence-corrected chi connectivity index (χ0v) is 11.2. The van der Waals surface area contributed by atoms with E-state index in [0.29, 0.717) is 6.54 Å². The Labute approximate surface area is 114 Å². The molecule has 0 aromatic carbocycles. The molecule has 2 aromatic heterocycles. The number of anilines is 1. The van der Waals surface area contributed by atoms with E-state index < -0.39 is 5.97 Å². The zero-order chi connectivity index (χ0) is 13.7. The summed E-state index contributed by atoms with van der Waals surface area (Å²) in [4.78, 5) is 21.0. The summed E-state index contributed by atoms with van der Waals surface area (Å²) >= 11 is 1.55. The standard InChI is InChI=1S/C13H13N3O2S/c1-16(7-11-8-19-9-15-11)13-10(3-2-6-14-13)4-5-12(17)18/h2-6,8-9H,7H2,1H3,(H,17,18)/b5-4+. The molecule has 2 aromatic rings. The molecule has 0 bridgehead atoms. The maximum Gasteiger partial charge on any atom is 0.328 e. The minimum absolute atomic E-state index is 0.633. The van der Waals surface area contributed by atoms with Crippen LogP contribution >= 0.6 is 11.3 Å². The SMILES string of the molecule is CN(Cc1cscn1)c1ncccc1/C=C/C(=O)O. The van der Waals surface area contributed by atoms with E-state index in [0.717, 1.165) is 23.2 Å². The molecule has 98 valence electrons. The molecule has 2 rings (SSSR count). The lowest BCUT2D eigenvalue weighted by atomic mass is 10.2. The van der Waals surface area contributed by atoms with Gasteiger partial charge >= 0.3 is 5.97 Å². The van der Waals surface area contributed by atoms with Crippen LogP contribution < -0.4 is 4.90 Å². The van der Waals surface area contributed by atoms with E-state index in [1.165, 1.54) is 0 Å². The molecule has 0 saturated heterocycles. The highest BCUT2D eigenvalue weighted by Crippen LogP contribution is 2.19. The molecule has 0 amide bonds. The Morgan fingerprint density at radius 1 is 1.53 bits per heavy atom. The van der Waals surface area contributed by atoms with Gasteiger partial charge in [-0.3, -0.25) is 0 Å². The van der Waals surface area contributed by atoms with E-state index >= 15 is 0 Å². The van der Waals surface area contributed by atoms with Crippen molar-refractivity contribution in [2.24, 2.45) is 0 Å². The van der Waals surface area contributed by atoms with Crippen molar-refractivity contribution in [1.82, 2.24) is 9.97 Å². The normalized spacial score (nSPS) is 10.8. The van der Waals surface area contributed by atoms with Crippen LogP contribution in [-0.2, 0) is 11.3 Å². The largest absolute Gasteiger partial charge is 0.478 e. The number of pyridine rings is 1. The number of rotatable bonds is 5. The number of aliphatic carboxylic acids is 1. The van der Waals surface area contributed by atoms with Crippen LogP contribution in [0.25, 0.3) is 6.08 Å². The summed E-state index contributed by atoms with van der Waals surface area (Å²) in [7, 11) is 1.90. The minimum Gasteiger partial charge on any atom is -0.478 e. The van der Waals surface area contributed by atoms with Crippen molar-refractivity contribution in [3.63, 3.8) is 0 Å². The number of carboxylic acids is 1. The molecule has 0 atom stereocenters. The first-order valence-electron chi connectivity index (χ1n) is 5.61. The number of aromatic nitrogens is 2. The van der Waals surface area contributed by atoms with Gasteiger partial charge in [-0.15, -0.1) is 11.3 Å². The summed E-state index contributed by atoms with van der Waals surface area (Å²) in [6.45, 7) is 0.633. The van der Waals surface area contributed by atoms with Crippen molar-refractivity contribution < 1.29 is 9.90 Å². The lowest BCUT2D eigenvalue weighted by Crippen LogP contribution is -2.18. The van der Waals surface area contributed by atoms with Gasteiger partial charge in [-0.1, -0.05) is 0 Å². The van der Waals surface area contributed by atoms with E-state index in [2.05, 4.69) is 9.97 Å². The first-order chi connectivity index (χ1) is 9.16. The number of carbonyl (C=O) groups is 1. The van der Waals surface area contributed by atoms with Crippen LogP contribution in [-0.4, -0.2) is 28.1 Å². The van der Waals surface area contributed by atoms with Crippen LogP contribution in [0.5, 0.6) is 0 Å². The highest BCUT2D eigenvalue weighted by molar-refractivity contribution is 7.07. The molecule has 6 heteroatoms. The summed E-state index contributed by atoms with van der Waals surface area (Å²) in [5.41, 5.74) is 3.52. The Balaban J connectivity index is 2.21. The summed E-state index contributed by atoms with van der Waals surface area (Å²) in [6.07, 6.45) is 4.34. The second-order valence-electron chi connectivity index (χ2n) is 3.92. The molecule has 0 aliphatic rings. The third kappa shape index (κ3) is 3.62. The smallest absolute Gasteiger partial charge is 0.328 e. The third-order valence-electron chi connectivity index (χ3n) is 2.47. The maximum atomic E-state index is 10.6. The predicted octanol–water partition coefficient (Wildman–Crippen LogP) is 2.27. The van der Waals surface area contributed by atoms with Crippen molar-refractivity contribution in [3.8, 4) is 0 Å². The molecule has 0 aliphatic heterocycles. The van der Waals surface area contributed by atoms with Crippen LogP contribution in [0.3, 0.4) is 0 Å². The summed E-state index contributed by atoms with van der Waals surface area (Å²) in [5.74, 6) is -0.245. The molecule has 0 radical (unpaired) electrons. The van der Waals surface area contributed by atoms with Gasteiger partial charge in [0.25, 0.3) is 0 Å². The van der Waals surface area contributed by atoms with Crippen molar-refractivity contribution in [2.75, 3.05) is 11.9 Å². The molecule has 0 spiro atoms. The van der Waals surface area contributed by atoms with Crippen molar-refractivity contribution >= 4 is 29.2 Å². The second-order valence-corrected chi connectivity index (χ2v) is 4.64. The van der Waals surface area contributed by atoms with Gasteiger partial charge < -0.3 is 10.0 Å². The number of carboxylic acid groups (broad SMARTS) is 1. The summed E-state index contributed by atoms with van der Waals surface area (Å²) in [6, 6.07) is 3.61. The molecule has 0 fully saturated rings. The highest BCUT2D eigenvalue weighted by atomic mass is 32.1. The maximum absolute atomic E-state index is 10.6. The lowest BCUT2D eigenvalue weighted by molar-refractivity contribution is -0.131. The van der Waals surface area contributed by atoms with Gasteiger partial charge in [-0.2, -0.15) is 0 Å². The number of hydrogen-bond acceptors (Lipinski definition) is 5. The minimum atomic E-state index is -0.975. The van der Waals surface area contributed by atoms with Crippen LogP contribution in [0.4, 0.5) is 5.82 Å². The van der Waals surface area contributed by atoms with Crippen molar-refractivity contribution in [1.29, 1.82) is 0 Å². The van der Waals surface area contributed by atoms with Crippen molar-refractivity contribution in [3.05, 3.63) is 46.6 Å². The fourth-order valence-corrected chi connectivity index (χ4v) is 2.20. The van der Waals surface area contributed by atoms with E-state index in [4.69, 9.17) is 5.11 Å². The Morgan fingerprint density at radius 3 is 3.05 bits per heavy atom. The molecule has 19 heavy (non-hydrogen) atoms. The fraction of sp³-hybridized carbons (Fsp3) is 0.154. The van der Waals surface area contributed by atoms with E-state index in [9.17, 15) is 4.79 Å². The van der Waals surface area contributed by atoms with E-state index in [1.807, 2.05) is 23.4 Å². The molecule has 0 saturated carbocycles. The van der Waals surface area contributed by atoms with Gasteiger partial charge in [0.15, 0.2) is 0 Å². The van der Waals surface area contributed by atoms with E-state index in [-0.39, 0.29) is 0 Å². The molecular weight excluding hydrogens is 262 g/mol. The molecule has 2 heterocycles. The molecule has 1 N–H and O–H groups in total. The van der Waals surface area contributed by atoms with Gasteiger partial charge in [0.2, 0.25) is 0 Å². The monoisotopic (exact) mass is 275 g/mol. The Bertz CT molecular complexity index is 581. The fourth-order valence-electron chi connectivity index (χ4n) is 1.65. The van der Waals surface area contributed by atoms with Gasteiger partial charge in [-0.05, 0) is 18.2 Å². The van der Waals surface area contributed by atoms with Gasteiger partial charge in [0.05, 0.1) is 17.7 Å². The Kier molecular flexibility index (Phi) is 4.25. The Hall–Kier alpha value is -2.21. The topological polar surface area (TPSA) is 66.3 Å². The number of hydrogen-bond donors (Lipinski definition) is 1. The highest BCUT2D eigenvalue weighted by Gasteiger charge is 2.08.